The molecule has 1 N–H and O–H groups in total. The van der Waals surface area contributed by atoms with Crippen LogP contribution in [0.4, 0.5) is 0 Å². The van der Waals surface area contributed by atoms with E-state index in [1.54, 1.807) is 23.4 Å². The molecule has 26 heavy (non-hydrogen) atoms. The summed E-state index contributed by atoms with van der Waals surface area (Å²) in [5, 5.41) is 2.87. The number of benzene rings is 2. The van der Waals surface area contributed by atoms with Gasteiger partial charge in [-0.2, -0.15) is 0 Å². The van der Waals surface area contributed by atoms with E-state index in [9.17, 15) is 9.59 Å². The molecule has 1 fully saturated rings. The summed E-state index contributed by atoms with van der Waals surface area (Å²) in [6.45, 7) is 0.976. The van der Waals surface area contributed by atoms with Gasteiger partial charge >= 0.3 is 0 Å². The molecule has 0 unspecified atom stereocenters. The van der Waals surface area contributed by atoms with Crippen molar-refractivity contribution in [2.75, 3.05) is 13.1 Å². The SMILES string of the molecule is Cn1cnc2cc(C(=O)N3CCNC(=O)[C@@H]3Cc3ccccc3)ccc21. The first-order valence-corrected chi connectivity index (χ1v) is 8.67. The number of amides is 2. The molecule has 0 spiro atoms. The highest BCUT2D eigenvalue weighted by molar-refractivity contribution is 6.00. The fraction of sp³-hybridized carbons (Fsp3) is 0.250. The van der Waals surface area contributed by atoms with Gasteiger partial charge in [0.2, 0.25) is 5.91 Å². The molecule has 1 aliphatic heterocycles. The first-order chi connectivity index (χ1) is 12.6. The number of carbonyl (C=O) groups is 2. The number of carbonyl (C=O) groups excluding carboxylic acids is 2. The van der Waals surface area contributed by atoms with E-state index in [1.807, 2.05) is 48.0 Å². The Kier molecular flexibility index (Phi) is 4.16. The molecule has 0 radical (unpaired) electrons. The van der Waals surface area contributed by atoms with Crippen LogP contribution in [0, 0.1) is 0 Å². The van der Waals surface area contributed by atoms with Gasteiger partial charge in [-0.25, -0.2) is 4.98 Å². The molecule has 1 aromatic heterocycles. The zero-order valence-corrected chi connectivity index (χ0v) is 14.6. The number of nitrogens with one attached hydrogen (secondary N) is 1. The summed E-state index contributed by atoms with van der Waals surface area (Å²) in [5.74, 6) is -0.235. The first kappa shape index (κ1) is 16.3. The van der Waals surface area contributed by atoms with Crippen LogP contribution in [0.2, 0.25) is 0 Å². The van der Waals surface area contributed by atoms with Gasteiger partial charge in [0, 0.05) is 32.1 Å². The van der Waals surface area contributed by atoms with Crippen LogP contribution in [0.15, 0.2) is 54.9 Å². The zero-order chi connectivity index (χ0) is 18.1. The number of nitrogens with zero attached hydrogens (tertiary/aromatic N) is 3. The van der Waals surface area contributed by atoms with Crippen molar-refractivity contribution in [2.24, 2.45) is 7.05 Å². The summed E-state index contributed by atoms with van der Waals surface area (Å²) in [4.78, 5) is 31.5. The Morgan fingerprint density at radius 1 is 1.23 bits per heavy atom. The summed E-state index contributed by atoms with van der Waals surface area (Å²) in [5.41, 5.74) is 3.34. The molecular formula is C20H20N4O2. The largest absolute Gasteiger partial charge is 0.353 e. The molecular weight excluding hydrogens is 328 g/mol. The predicted molar refractivity (Wildman–Crippen MR) is 98.7 cm³/mol. The van der Waals surface area contributed by atoms with Crippen LogP contribution in [0.1, 0.15) is 15.9 Å². The lowest BCUT2D eigenvalue weighted by Crippen LogP contribution is -2.58. The second-order valence-corrected chi connectivity index (χ2v) is 6.55. The molecule has 2 aromatic carbocycles. The highest BCUT2D eigenvalue weighted by atomic mass is 16.2. The maximum atomic E-state index is 13.1. The van der Waals surface area contributed by atoms with E-state index in [0.717, 1.165) is 16.6 Å². The van der Waals surface area contributed by atoms with Crippen molar-refractivity contribution in [2.45, 2.75) is 12.5 Å². The molecule has 1 aliphatic rings. The van der Waals surface area contributed by atoms with Crippen molar-refractivity contribution >= 4 is 22.8 Å². The second kappa shape index (κ2) is 6.63. The third-order valence-electron chi connectivity index (χ3n) is 4.84. The predicted octanol–water partition coefficient (Wildman–Crippen LogP) is 1.76. The lowest BCUT2D eigenvalue weighted by molar-refractivity contribution is -0.127. The standard InChI is InChI=1S/C20H20N4O2/c1-23-13-22-16-12-15(7-8-17(16)23)20(26)24-10-9-21-19(25)18(24)11-14-5-3-2-4-6-14/h2-8,12-13,18H,9-11H2,1H3,(H,21,25)/t18-/m0/s1. The normalized spacial score (nSPS) is 17.3. The van der Waals surface area contributed by atoms with Gasteiger partial charge in [-0.3, -0.25) is 9.59 Å². The van der Waals surface area contributed by atoms with Crippen LogP contribution in [0.25, 0.3) is 11.0 Å². The van der Waals surface area contributed by atoms with Crippen molar-refractivity contribution < 1.29 is 9.59 Å². The molecule has 3 aromatic rings. The highest BCUT2D eigenvalue weighted by Gasteiger charge is 2.33. The minimum atomic E-state index is -0.502. The average molecular weight is 348 g/mol. The summed E-state index contributed by atoms with van der Waals surface area (Å²) in [7, 11) is 1.92. The Hall–Kier alpha value is -3.15. The topological polar surface area (TPSA) is 67.2 Å². The minimum absolute atomic E-state index is 0.104. The van der Waals surface area contributed by atoms with Crippen molar-refractivity contribution in [3.63, 3.8) is 0 Å². The Morgan fingerprint density at radius 2 is 2.04 bits per heavy atom. The average Bonchev–Trinajstić information content (AvgIpc) is 3.04. The number of rotatable bonds is 3. The van der Waals surface area contributed by atoms with Gasteiger partial charge < -0.3 is 14.8 Å². The van der Waals surface area contributed by atoms with Gasteiger partial charge in [0.15, 0.2) is 0 Å². The smallest absolute Gasteiger partial charge is 0.254 e. The summed E-state index contributed by atoms with van der Waals surface area (Å²) < 4.78 is 1.91. The lowest BCUT2D eigenvalue weighted by atomic mass is 10.0. The van der Waals surface area contributed by atoms with Gasteiger partial charge in [0.05, 0.1) is 17.4 Å². The zero-order valence-electron chi connectivity index (χ0n) is 14.6. The Morgan fingerprint density at radius 3 is 2.85 bits per heavy atom. The third-order valence-corrected chi connectivity index (χ3v) is 4.84. The van der Waals surface area contributed by atoms with Crippen molar-refractivity contribution in [3.8, 4) is 0 Å². The van der Waals surface area contributed by atoms with E-state index in [1.165, 1.54) is 0 Å². The van der Waals surface area contributed by atoms with Crippen molar-refractivity contribution in [1.82, 2.24) is 19.8 Å². The lowest BCUT2D eigenvalue weighted by Gasteiger charge is -2.35. The van der Waals surface area contributed by atoms with Gasteiger partial charge in [-0.05, 0) is 23.8 Å². The van der Waals surface area contributed by atoms with E-state index in [2.05, 4.69) is 10.3 Å². The molecule has 4 rings (SSSR count). The molecule has 2 heterocycles. The van der Waals surface area contributed by atoms with Gasteiger partial charge in [-0.15, -0.1) is 0 Å². The number of imidazole rings is 1. The summed E-state index contributed by atoms with van der Waals surface area (Å²) in [6, 6.07) is 14.8. The number of piperazine rings is 1. The number of hydrogen-bond donors (Lipinski definition) is 1. The number of aryl methyl sites for hydroxylation is 1. The van der Waals surface area contributed by atoms with Crippen molar-refractivity contribution in [3.05, 3.63) is 66.0 Å². The van der Waals surface area contributed by atoms with E-state index >= 15 is 0 Å². The quantitative estimate of drug-likeness (QED) is 0.784. The summed E-state index contributed by atoms with van der Waals surface area (Å²) >= 11 is 0. The van der Waals surface area contributed by atoms with E-state index < -0.39 is 6.04 Å². The van der Waals surface area contributed by atoms with Crippen LogP contribution >= 0.6 is 0 Å². The fourth-order valence-electron chi connectivity index (χ4n) is 3.43. The maximum Gasteiger partial charge on any atom is 0.254 e. The monoisotopic (exact) mass is 348 g/mol. The Bertz CT molecular complexity index is 964. The first-order valence-electron chi connectivity index (χ1n) is 8.67. The van der Waals surface area contributed by atoms with Crippen molar-refractivity contribution in [1.29, 1.82) is 0 Å². The molecule has 6 nitrogen and oxygen atoms in total. The fourth-order valence-corrected chi connectivity index (χ4v) is 3.43. The van der Waals surface area contributed by atoms with Crippen LogP contribution in [-0.2, 0) is 18.3 Å². The number of hydrogen-bond acceptors (Lipinski definition) is 3. The molecule has 1 atom stereocenters. The Balaban J connectivity index is 1.63. The maximum absolute atomic E-state index is 13.1. The molecule has 132 valence electrons. The molecule has 0 bridgehead atoms. The Labute approximate surface area is 151 Å². The van der Waals surface area contributed by atoms with Crippen LogP contribution in [0.3, 0.4) is 0 Å². The van der Waals surface area contributed by atoms with E-state index in [4.69, 9.17) is 0 Å². The van der Waals surface area contributed by atoms with Gasteiger partial charge in [-0.1, -0.05) is 30.3 Å². The summed E-state index contributed by atoms with van der Waals surface area (Å²) in [6.07, 6.45) is 2.23. The molecule has 6 heteroatoms. The van der Waals surface area contributed by atoms with E-state index in [0.29, 0.717) is 25.1 Å². The van der Waals surface area contributed by atoms with Crippen LogP contribution < -0.4 is 5.32 Å². The number of aromatic nitrogens is 2. The third kappa shape index (κ3) is 2.94. The van der Waals surface area contributed by atoms with E-state index in [-0.39, 0.29) is 11.8 Å². The van der Waals surface area contributed by atoms with Crippen LogP contribution in [0.5, 0.6) is 0 Å². The minimum Gasteiger partial charge on any atom is -0.353 e. The van der Waals surface area contributed by atoms with Gasteiger partial charge in [0.1, 0.15) is 6.04 Å². The van der Waals surface area contributed by atoms with Gasteiger partial charge in [0.25, 0.3) is 5.91 Å². The second-order valence-electron chi connectivity index (χ2n) is 6.55. The molecule has 2 amide bonds. The number of fused-ring (bicyclic) bond motifs is 1. The highest BCUT2D eigenvalue weighted by Crippen LogP contribution is 2.19. The molecule has 0 aliphatic carbocycles. The van der Waals surface area contributed by atoms with Crippen LogP contribution in [-0.4, -0.2) is 45.4 Å². The molecule has 0 saturated carbocycles. The molecule has 1 saturated heterocycles.